The maximum atomic E-state index is 13.0. The molecule has 1 unspecified atom stereocenters. The molecule has 1 N–H and O–H groups in total. The van der Waals surface area contributed by atoms with E-state index in [1.807, 2.05) is 19.2 Å². The van der Waals surface area contributed by atoms with Crippen LogP contribution in [0.15, 0.2) is 24.3 Å². The van der Waals surface area contributed by atoms with E-state index >= 15 is 0 Å². The van der Waals surface area contributed by atoms with Gasteiger partial charge < -0.3 is 10.2 Å². The van der Waals surface area contributed by atoms with Gasteiger partial charge in [0.05, 0.1) is 0 Å². The largest absolute Gasteiger partial charge is 0.313 e. The van der Waals surface area contributed by atoms with E-state index in [-0.39, 0.29) is 5.82 Å². The number of nitrogens with zero attached hydrogens (tertiary/aromatic N) is 1. The SMILES string of the molecule is CNC(CCN(CC1CC1)C1CC1)c1ccc(F)cc1. The summed E-state index contributed by atoms with van der Waals surface area (Å²) in [5.74, 6) is 0.811. The first-order valence-electron chi connectivity index (χ1n) is 7.93. The average molecular weight is 276 g/mol. The van der Waals surface area contributed by atoms with Gasteiger partial charge >= 0.3 is 0 Å². The summed E-state index contributed by atoms with van der Waals surface area (Å²) in [7, 11) is 2.00. The Morgan fingerprint density at radius 3 is 2.45 bits per heavy atom. The topological polar surface area (TPSA) is 15.3 Å². The van der Waals surface area contributed by atoms with Crippen molar-refractivity contribution in [3.63, 3.8) is 0 Å². The van der Waals surface area contributed by atoms with Crippen LogP contribution >= 0.6 is 0 Å². The van der Waals surface area contributed by atoms with Gasteiger partial charge in [-0.2, -0.15) is 0 Å². The third-order valence-corrected chi connectivity index (χ3v) is 4.58. The van der Waals surface area contributed by atoms with Crippen molar-refractivity contribution >= 4 is 0 Å². The second kappa shape index (κ2) is 6.23. The van der Waals surface area contributed by atoms with E-state index in [0.29, 0.717) is 6.04 Å². The molecule has 0 radical (unpaired) electrons. The van der Waals surface area contributed by atoms with Crippen LogP contribution in [-0.2, 0) is 0 Å². The van der Waals surface area contributed by atoms with Crippen molar-refractivity contribution < 1.29 is 4.39 Å². The van der Waals surface area contributed by atoms with Crippen LogP contribution in [0.5, 0.6) is 0 Å². The van der Waals surface area contributed by atoms with Gasteiger partial charge in [-0.25, -0.2) is 4.39 Å². The van der Waals surface area contributed by atoms with Gasteiger partial charge in [-0.15, -0.1) is 0 Å². The Hall–Kier alpha value is -0.930. The lowest BCUT2D eigenvalue weighted by atomic mass is 10.0. The molecule has 20 heavy (non-hydrogen) atoms. The van der Waals surface area contributed by atoms with E-state index in [0.717, 1.165) is 24.9 Å². The molecule has 0 heterocycles. The predicted octanol–water partition coefficient (Wildman–Crippen LogP) is 3.35. The number of benzene rings is 1. The molecule has 3 rings (SSSR count). The molecule has 1 aromatic carbocycles. The molecule has 110 valence electrons. The maximum absolute atomic E-state index is 13.0. The normalized spacial score (nSPS) is 20.4. The Labute approximate surface area is 121 Å². The van der Waals surface area contributed by atoms with Gasteiger partial charge in [-0.3, -0.25) is 0 Å². The van der Waals surface area contributed by atoms with Crippen molar-refractivity contribution in [2.45, 2.75) is 44.2 Å². The number of hydrogen-bond donors (Lipinski definition) is 1. The Bertz CT molecular complexity index is 423. The highest BCUT2D eigenvalue weighted by Crippen LogP contribution is 2.35. The molecule has 1 aromatic rings. The molecule has 0 amide bonds. The van der Waals surface area contributed by atoms with Gasteiger partial charge in [0, 0.05) is 25.2 Å². The number of rotatable bonds is 8. The Morgan fingerprint density at radius 1 is 1.20 bits per heavy atom. The lowest BCUT2D eigenvalue weighted by molar-refractivity contribution is 0.239. The third kappa shape index (κ3) is 3.80. The fourth-order valence-corrected chi connectivity index (χ4v) is 2.96. The first-order chi connectivity index (χ1) is 9.76. The van der Waals surface area contributed by atoms with Crippen molar-refractivity contribution in [1.82, 2.24) is 10.2 Å². The Balaban J connectivity index is 1.54. The molecule has 0 aliphatic heterocycles. The van der Waals surface area contributed by atoms with Gasteiger partial charge in [0.25, 0.3) is 0 Å². The van der Waals surface area contributed by atoms with Gasteiger partial charge in [0.15, 0.2) is 0 Å². The van der Waals surface area contributed by atoms with Crippen molar-refractivity contribution in [2.75, 3.05) is 20.1 Å². The van der Waals surface area contributed by atoms with Crippen molar-refractivity contribution in [1.29, 1.82) is 0 Å². The Morgan fingerprint density at radius 2 is 1.90 bits per heavy atom. The molecular weight excluding hydrogens is 251 g/mol. The molecular formula is C17H25FN2. The highest BCUT2D eigenvalue weighted by atomic mass is 19.1. The molecule has 0 bridgehead atoms. The van der Waals surface area contributed by atoms with Crippen LogP contribution in [0.25, 0.3) is 0 Å². The van der Waals surface area contributed by atoms with Crippen LogP contribution in [0, 0.1) is 11.7 Å². The minimum absolute atomic E-state index is 0.156. The Kier molecular flexibility index (Phi) is 4.37. The second-order valence-electron chi connectivity index (χ2n) is 6.35. The van der Waals surface area contributed by atoms with Gasteiger partial charge in [0.2, 0.25) is 0 Å². The first kappa shape index (κ1) is 14.0. The van der Waals surface area contributed by atoms with Crippen molar-refractivity contribution in [3.8, 4) is 0 Å². The van der Waals surface area contributed by atoms with Crippen molar-refractivity contribution in [3.05, 3.63) is 35.6 Å². The summed E-state index contributed by atoms with van der Waals surface area (Å²) in [5.41, 5.74) is 1.19. The van der Waals surface area contributed by atoms with Crippen LogP contribution in [-0.4, -0.2) is 31.1 Å². The second-order valence-corrected chi connectivity index (χ2v) is 6.35. The standard InChI is InChI=1S/C17H25FN2/c1-19-17(14-4-6-15(18)7-5-14)10-11-20(16-8-9-16)12-13-2-3-13/h4-7,13,16-17,19H,2-3,8-12H2,1H3. The van der Waals surface area contributed by atoms with Crippen LogP contribution in [0.2, 0.25) is 0 Å². The third-order valence-electron chi connectivity index (χ3n) is 4.58. The van der Waals surface area contributed by atoms with E-state index in [9.17, 15) is 4.39 Å². The summed E-state index contributed by atoms with van der Waals surface area (Å²) < 4.78 is 13.0. The molecule has 2 nitrogen and oxygen atoms in total. The number of halogens is 1. The van der Waals surface area contributed by atoms with E-state index in [1.54, 1.807) is 12.1 Å². The maximum Gasteiger partial charge on any atom is 0.123 e. The van der Waals surface area contributed by atoms with E-state index in [4.69, 9.17) is 0 Å². The molecule has 2 aliphatic rings. The lowest BCUT2D eigenvalue weighted by Crippen LogP contribution is -2.32. The lowest BCUT2D eigenvalue weighted by Gasteiger charge is -2.25. The highest BCUT2D eigenvalue weighted by Gasteiger charge is 2.33. The average Bonchev–Trinajstić information content (AvgIpc) is 3.33. The zero-order valence-electron chi connectivity index (χ0n) is 12.3. The fraction of sp³-hybridized carbons (Fsp3) is 0.647. The van der Waals surface area contributed by atoms with Crippen LogP contribution in [0.1, 0.15) is 43.7 Å². The number of hydrogen-bond acceptors (Lipinski definition) is 2. The smallest absolute Gasteiger partial charge is 0.123 e. The zero-order chi connectivity index (χ0) is 13.9. The molecule has 2 fully saturated rings. The molecule has 0 aromatic heterocycles. The summed E-state index contributed by atoms with van der Waals surface area (Å²) in [5, 5.41) is 3.37. The highest BCUT2D eigenvalue weighted by molar-refractivity contribution is 5.19. The van der Waals surface area contributed by atoms with E-state index < -0.39 is 0 Å². The zero-order valence-corrected chi connectivity index (χ0v) is 12.3. The minimum atomic E-state index is -0.156. The first-order valence-corrected chi connectivity index (χ1v) is 7.93. The van der Waals surface area contributed by atoms with Gasteiger partial charge in [-0.1, -0.05) is 12.1 Å². The molecule has 3 heteroatoms. The molecule has 2 saturated carbocycles. The minimum Gasteiger partial charge on any atom is -0.313 e. The summed E-state index contributed by atoms with van der Waals surface area (Å²) >= 11 is 0. The van der Waals surface area contributed by atoms with E-state index in [1.165, 1.54) is 37.8 Å². The van der Waals surface area contributed by atoms with Crippen LogP contribution in [0.4, 0.5) is 4.39 Å². The molecule has 0 saturated heterocycles. The quantitative estimate of drug-likeness (QED) is 0.783. The summed E-state index contributed by atoms with van der Waals surface area (Å²) in [6, 6.07) is 8.10. The van der Waals surface area contributed by atoms with E-state index in [2.05, 4.69) is 10.2 Å². The van der Waals surface area contributed by atoms with Crippen LogP contribution in [0.3, 0.4) is 0 Å². The molecule has 0 spiro atoms. The summed E-state index contributed by atoms with van der Waals surface area (Å²) in [6.45, 7) is 2.45. The van der Waals surface area contributed by atoms with Crippen LogP contribution < -0.4 is 5.32 Å². The fourth-order valence-electron chi connectivity index (χ4n) is 2.96. The van der Waals surface area contributed by atoms with Crippen molar-refractivity contribution in [2.24, 2.45) is 5.92 Å². The molecule has 1 atom stereocenters. The predicted molar refractivity (Wildman–Crippen MR) is 80.1 cm³/mol. The monoisotopic (exact) mass is 276 g/mol. The van der Waals surface area contributed by atoms with Gasteiger partial charge in [0.1, 0.15) is 5.82 Å². The molecule has 2 aliphatic carbocycles. The summed E-state index contributed by atoms with van der Waals surface area (Å²) in [6.07, 6.45) is 6.72. The number of nitrogens with one attached hydrogen (secondary N) is 1. The van der Waals surface area contributed by atoms with Gasteiger partial charge in [-0.05, 0) is 62.8 Å². The summed E-state index contributed by atoms with van der Waals surface area (Å²) in [4.78, 5) is 2.69.